The summed E-state index contributed by atoms with van der Waals surface area (Å²) in [5.41, 5.74) is 8.36. The van der Waals surface area contributed by atoms with E-state index in [1.54, 1.807) is 4.90 Å². The molecule has 0 fully saturated rings. The van der Waals surface area contributed by atoms with Gasteiger partial charge in [0.1, 0.15) is 17.5 Å². The van der Waals surface area contributed by atoms with E-state index in [-0.39, 0.29) is 17.6 Å². The molecule has 1 N–H and O–H groups in total. The summed E-state index contributed by atoms with van der Waals surface area (Å²) < 4.78 is 5.30. The highest BCUT2D eigenvalue weighted by atomic mass is 16.5. The molecule has 0 radical (unpaired) electrons. The maximum absolute atomic E-state index is 13.7. The van der Waals surface area contributed by atoms with E-state index in [9.17, 15) is 10.1 Å². The van der Waals surface area contributed by atoms with Crippen molar-refractivity contribution in [1.29, 1.82) is 5.26 Å². The molecule has 0 bridgehead atoms. The highest BCUT2D eigenvalue weighted by molar-refractivity contribution is 6.55. The zero-order valence-corrected chi connectivity index (χ0v) is 24.3. The Hall–Kier alpha value is -6.40. The molecule has 1 aliphatic heterocycles. The van der Waals surface area contributed by atoms with Crippen molar-refractivity contribution in [3.8, 4) is 28.5 Å². The normalized spacial score (nSPS) is 13.6. The number of aromatic nitrogens is 1. The van der Waals surface area contributed by atoms with Crippen molar-refractivity contribution in [2.45, 2.75) is 6.92 Å². The monoisotopic (exact) mass is 589 g/mol. The molecule has 45 heavy (non-hydrogen) atoms. The lowest BCUT2D eigenvalue weighted by molar-refractivity contribution is -0.111. The second-order valence-electron chi connectivity index (χ2n) is 9.82. The van der Waals surface area contributed by atoms with Crippen LogP contribution in [0.1, 0.15) is 18.1 Å². The Morgan fingerprint density at radius 2 is 1.51 bits per heavy atom. The third kappa shape index (κ3) is 6.21. The number of carbonyl (C=O) groups is 1. The van der Waals surface area contributed by atoms with Crippen LogP contribution < -0.4 is 10.3 Å². The number of pyridine rings is 1. The van der Waals surface area contributed by atoms with Gasteiger partial charge < -0.3 is 4.74 Å². The highest BCUT2D eigenvalue weighted by Crippen LogP contribution is 2.34. The van der Waals surface area contributed by atoms with E-state index in [2.05, 4.69) is 26.6 Å². The number of benzene rings is 4. The summed E-state index contributed by atoms with van der Waals surface area (Å²) in [5, 5.41) is 14.4. The van der Waals surface area contributed by atoms with E-state index >= 15 is 0 Å². The van der Waals surface area contributed by atoms with Gasteiger partial charge in [0.15, 0.2) is 12.2 Å². The number of carbonyl (C=O) groups excluding carboxylic acids is 1. The Morgan fingerprint density at radius 3 is 2.16 bits per heavy atom. The Morgan fingerprint density at radius 1 is 0.867 bits per heavy atom. The average molecular weight is 590 g/mol. The average Bonchev–Trinajstić information content (AvgIpc) is 3.44. The first-order valence-electron chi connectivity index (χ1n) is 14.3. The number of nitrogens with one attached hydrogen (secondary N) is 1. The van der Waals surface area contributed by atoms with Crippen molar-refractivity contribution in [3.05, 3.63) is 132 Å². The van der Waals surface area contributed by atoms with Crippen LogP contribution in [0.2, 0.25) is 0 Å². The van der Waals surface area contributed by atoms with Gasteiger partial charge in [0.2, 0.25) is 5.84 Å². The lowest BCUT2D eigenvalue weighted by atomic mass is 9.98. The van der Waals surface area contributed by atoms with Crippen LogP contribution in [-0.4, -0.2) is 35.6 Å². The fourth-order valence-electron chi connectivity index (χ4n) is 4.79. The van der Waals surface area contributed by atoms with Gasteiger partial charge in [-0.2, -0.15) is 10.3 Å². The molecule has 218 valence electrons. The van der Waals surface area contributed by atoms with E-state index in [0.29, 0.717) is 35.0 Å². The lowest BCUT2D eigenvalue weighted by Gasteiger charge is -2.19. The molecule has 0 unspecified atom stereocenters. The summed E-state index contributed by atoms with van der Waals surface area (Å²) in [7, 11) is 0. The smallest absolute Gasteiger partial charge is 0.303 e. The molecule has 0 saturated carbocycles. The summed E-state index contributed by atoms with van der Waals surface area (Å²) in [5.74, 6) is 0.407. The topological polar surface area (TPSA) is 115 Å². The third-order valence-electron chi connectivity index (χ3n) is 6.95. The first kappa shape index (κ1) is 28.7. The van der Waals surface area contributed by atoms with Gasteiger partial charge in [-0.1, -0.05) is 91.0 Å². The highest BCUT2D eigenvalue weighted by Gasteiger charge is 2.34. The predicted molar refractivity (Wildman–Crippen MR) is 178 cm³/mol. The van der Waals surface area contributed by atoms with E-state index in [0.717, 1.165) is 22.4 Å². The second-order valence-corrected chi connectivity index (χ2v) is 9.82. The minimum Gasteiger partial charge on any atom is -0.483 e. The number of hydrogen-bond acceptors (Lipinski definition) is 7. The number of nitriles is 1. The van der Waals surface area contributed by atoms with Crippen molar-refractivity contribution in [2.75, 3.05) is 16.9 Å². The molecular formula is C36H27N7O2. The van der Waals surface area contributed by atoms with Gasteiger partial charge in [-0.15, -0.1) is 5.10 Å². The number of para-hydroxylation sites is 1. The molecule has 0 aliphatic carbocycles. The van der Waals surface area contributed by atoms with E-state index < -0.39 is 0 Å². The summed E-state index contributed by atoms with van der Waals surface area (Å²) in [6, 6.07) is 40.1. The zero-order chi connectivity index (χ0) is 31.0. The maximum Gasteiger partial charge on any atom is 0.303 e. The number of nitrogens with zero attached hydrogens (tertiary/aromatic N) is 6. The van der Waals surface area contributed by atoms with Crippen LogP contribution in [0.25, 0.3) is 22.4 Å². The number of amides is 1. The molecule has 1 aromatic heterocycles. The standard InChI is InChI=1S/C36H27N7O2/c1-2-45-24-38-33-31(23-37)30(25-12-6-3-7-13-25)22-32(39-33)26-18-20-29(21-19-26)43-35(27-14-8-4-9-15-27)40-34(36(43)44)42-41-28-16-10-5-11-17-28/h3-22,24,41H,2H2,1H3/b38-24+,42-34+. The molecule has 1 aliphatic rings. The Bertz CT molecular complexity index is 1950. The molecule has 0 spiro atoms. The minimum atomic E-state index is -0.361. The number of aliphatic imine (C=N–C) groups is 2. The number of rotatable bonds is 9. The van der Waals surface area contributed by atoms with Gasteiger partial charge in [-0.05, 0) is 42.8 Å². The second kappa shape index (κ2) is 13.3. The van der Waals surface area contributed by atoms with Gasteiger partial charge in [0, 0.05) is 16.7 Å². The summed E-state index contributed by atoms with van der Waals surface area (Å²) in [6.45, 7) is 2.29. The molecule has 9 heteroatoms. The zero-order valence-electron chi connectivity index (χ0n) is 24.3. The summed E-state index contributed by atoms with van der Waals surface area (Å²) in [6.07, 6.45) is 1.31. The fourth-order valence-corrected chi connectivity index (χ4v) is 4.79. The number of hydrogen-bond donors (Lipinski definition) is 1. The Balaban J connectivity index is 1.38. The first-order valence-corrected chi connectivity index (χ1v) is 14.3. The van der Waals surface area contributed by atoms with E-state index in [1.165, 1.54) is 6.40 Å². The molecule has 1 amide bonds. The van der Waals surface area contributed by atoms with Crippen LogP contribution in [0, 0.1) is 11.3 Å². The number of hydrazone groups is 1. The van der Waals surface area contributed by atoms with E-state index in [1.807, 2.05) is 128 Å². The third-order valence-corrected chi connectivity index (χ3v) is 6.95. The van der Waals surface area contributed by atoms with Crippen molar-refractivity contribution in [1.82, 2.24) is 4.98 Å². The van der Waals surface area contributed by atoms with Crippen molar-refractivity contribution in [3.63, 3.8) is 0 Å². The van der Waals surface area contributed by atoms with Crippen molar-refractivity contribution < 1.29 is 9.53 Å². The minimum absolute atomic E-state index is 0.0415. The van der Waals surface area contributed by atoms with Crippen LogP contribution in [-0.2, 0) is 9.53 Å². The van der Waals surface area contributed by atoms with Crippen LogP contribution in [0.15, 0.2) is 136 Å². The summed E-state index contributed by atoms with van der Waals surface area (Å²) >= 11 is 0. The Labute approximate surface area is 260 Å². The molecular weight excluding hydrogens is 562 g/mol. The van der Waals surface area contributed by atoms with Gasteiger partial charge in [0.05, 0.1) is 23.7 Å². The maximum atomic E-state index is 13.7. The fraction of sp³-hybridized carbons (Fsp3) is 0.0556. The largest absolute Gasteiger partial charge is 0.483 e. The lowest BCUT2D eigenvalue weighted by Crippen LogP contribution is -2.34. The number of anilines is 2. The van der Waals surface area contributed by atoms with Crippen molar-refractivity contribution >= 4 is 41.2 Å². The molecule has 0 saturated heterocycles. The first-order chi connectivity index (χ1) is 22.2. The van der Waals surface area contributed by atoms with Crippen LogP contribution in [0.4, 0.5) is 17.2 Å². The summed E-state index contributed by atoms with van der Waals surface area (Å²) in [4.78, 5) is 28.9. The molecule has 5 aromatic rings. The van der Waals surface area contributed by atoms with Gasteiger partial charge in [0.25, 0.3) is 0 Å². The quantitative estimate of drug-likeness (QED) is 0.111. The molecule has 4 aromatic carbocycles. The molecule has 9 nitrogen and oxygen atoms in total. The van der Waals surface area contributed by atoms with Crippen molar-refractivity contribution in [2.24, 2.45) is 15.1 Å². The number of amidine groups is 2. The molecule has 0 atom stereocenters. The Kier molecular flexibility index (Phi) is 8.47. The molecule has 6 rings (SSSR count). The number of ether oxygens (including phenoxy) is 1. The van der Waals surface area contributed by atoms with Gasteiger partial charge in [-0.25, -0.2) is 9.98 Å². The SMILES string of the molecule is CCO/C=N/c1nc(-c2ccc(N3C(=O)/C(=N\Nc4ccccc4)N=C3c3ccccc3)cc2)cc(-c2ccccc2)c1C#N. The van der Waals surface area contributed by atoms with Gasteiger partial charge in [-0.3, -0.25) is 15.1 Å². The van der Waals surface area contributed by atoms with E-state index in [4.69, 9.17) is 9.72 Å². The van der Waals surface area contributed by atoms with Crippen LogP contribution >= 0.6 is 0 Å². The van der Waals surface area contributed by atoms with Gasteiger partial charge >= 0.3 is 5.91 Å². The molecule has 2 heterocycles. The predicted octanol–water partition coefficient (Wildman–Crippen LogP) is 7.20. The van der Waals surface area contributed by atoms with Crippen LogP contribution in [0.3, 0.4) is 0 Å². The van der Waals surface area contributed by atoms with Crippen LogP contribution in [0.5, 0.6) is 0 Å².